The van der Waals surface area contributed by atoms with Crippen LogP contribution in [0.5, 0.6) is 0 Å². The van der Waals surface area contributed by atoms with Crippen LogP contribution in [0, 0.1) is 0 Å². The molecule has 6 nitrogen and oxygen atoms in total. The Kier molecular flexibility index (Phi) is 8.47. The Morgan fingerprint density at radius 2 is 1.80 bits per heavy atom. The van der Waals surface area contributed by atoms with Gasteiger partial charge in [0.05, 0.1) is 7.11 Å². The number of amides is 1. The molecule has 0 saturated carbocycles. The summed E-state index contributed by atoms with van der Waals surface area (Å²) in [4.78, 5) is 28.9. The van der Waals surface area contributed by atoms with Crippen molar-refractivity contribution >= 4 is 29.5 Å². The van der Waals surface area contributed by atoms with Crippen LogP contribution in [0.15, 0.2) is 48.2 Å². The number of benzene rings is 1. The van der Waals surface area contributed by atoms with Crippen LogP contribution < -0.4 is 5.32 Å². The topological polar surface area (TPSA) is 67.9 Å². The van der Waals surface area contributed by atoms with E-state index in [4.69, 9.17) is 9.47 Å². The summed E-state index contributed by atoms with van der Waals surface area (Å²) in [6, 6.07) is 13.4. The number of nitrogens with one attached hydrogen (secondary N) is 1. The summed E-state index contributed by atoms with van der Waals surface area (Å²) < 4.78 is 10.0. The van der Waals surface area contributed by atoms with Crippen molar-refractivity contribution in [2.24, 2.45) is 0 Å². The lowest BCUT2D eigenvalue weighted by Crippen LogP contribution is -2.28. The maximum absolute atomic E-state index is 12.2. The van der Waals surface area contributed by atoms with Crippen LogP contribution in [0.3, 0.4) is 0 Å². The third-order valence-corrected chi connectivity index (χ3v) is 5.92. The number of esters is 1. The zero-order valence-electron chi connectivity index (χ0n) is 17.3. The molecule has 1 aromatic heterocycles. The summed E-state index contributed by atoms with van der Waals surface area (Å²) in [5.74, 6) is -0.617. The molecule has 0 radical (unpaired) electrons. The molecule has 0 spiro atoms. The minimum absolute atomic E-state index is 0.0544. The fraction of sp³-hybridized carbons (Fsp3) is 0.391. The average molecular weight is 429 g/mol. The highest BCUT2D eigenvalue weighted by Crippen LogP contribution is 2.22. The fourth-order valence-electron chi connectivity index (χ4n) is 3.34. The van der Waals surface area contributed by atoms with Gasteiger partial charge in [0.15, 0.2) is 0 Å². The summed E-state index contributed by atoms with van der Waals surface area (Å²) >= 11 is 1.61. The standard InChI is InChI=1S/C23H28N2O4S/c1-28-22(26)21(24-23(27)29-17-18-9-5-4-6-10-18)15-19-11-12-20(30-19)16-25-13-7-2-3-8-14-25/h4-6,9-12,15H,2-3,7-8,13-14,16-17H2,1H3,(H,24,27). The Bertz CT molecular complexity index is 855. The number of alkyl carbamates (subject to hydrolysis) is 1. The quantitative estimate of drug-likeness (QED) is 0.517. The molecule has 1 saturated heterocycles. The van der Waals surface area contributed by atoms with Crippen molar-refractivity contribution in [1.29, 1.82) is 0 Å². The van der Waals surface area contributed by atoms with E-state index in [1.807, 2.05) is 36.4 Å². The Hall–Kier alpha value is -2.64. The normalized spacial score (nSPS) is 15.3. The first-order chi connectivity index (χ1) is 14.6. The van der Waals surface area contributed by atoms with Gasteiger partial charge < -0.3 is 9.47 Å². The Morgan fingerprint density at radius 1 is 1.07 bits per heavy atom. The lowest BCUT2D eigenvalue weighted by molar-refractivity contribution is -0.136. The maximum Gasteiger partial charge on any atom is 0.412 e. The lowest BCUT2D eigenvalue weighted by atomic mass is 10.2. The number of nitrogens with zero attached hydrogens (tertiary/aromatic N) is 1. The van der Waals surface area contributed by atoms with Gasteiger partial charge in [0.25, 0.3) is 0 Å². The summed E-state index contributed by atoms with van der Waals surface area (Å²) in [5, 5.41) is 2.51. The van der Waals surface area contributed by atoms with Crippen LogP contribution >= 0.6 is 11.3 Å². The van der Waals surface area contributed by atoms with Gasteiger partial charge in [-0.3, -0.25) is 10.2 Å². The van der Waals surface area contributed by atoms with Gasteiger partial charge in [0.1, 0.15) is 12.3 Å². The van der Waals surface area contributed by atoms with Crippen LogP contribution in [0.25, 0.3) is 6.08 Å². The molecule has 2 aromatic rings. The van der Waals surface area contributed by atoms with Crippen LogP contribution in [-0.4, -0.2) is 37.2 Å². The fourth-order valence-corrected chi connectivity index (χ4v) is 4.34. The lowest BCUT2D eigenvalue weighted by Gasteiger charge is -2.18. The molecule has 7 heteroatoms. The first-order valence-corrected chi connectivity index (χ1v) is 11.0. The van der Waals surface area contributed by atoms with Crippen LogP contribution in [0.2, 0.25) is 0 Å². The zero-order chi connectivity index (χ0) is 21.2. The molecule has 0 bridgehead atoms. The van der Waals surface area contributed by atoms with Gasteiger partial charge in [-0.25, -0.2) is 9.59 Å². The maximum atomic E-state index is 12.2. The van der Waals surface area contributed by atoms with E-state index in [9.17, 15) is 9.59 Å². The van der Waals surface area contributed by atoms with Crippen molar-refractivity contribution in [3.63, 3.8) is 0 Å². The van der Waals surface area contributed by atoms with E-state index >= 15 is 0 Å². The molecule has 1 aliphatic rings. The molecular formula is C23H28N2O4S. The van der Waals surface area contributed by atoms with Crippen molar-refractivity contribution in [3.05, 3.63) is 63.5 Å². The number of thiophene rings is 1. The van der Waals surface area contributed by atoms with E-state index in [1.165, 1.54) is 37.7 Å². The third-order valence-electron chi connectivity index (χ3n) is 4.90. The molecular weight excluding hydrogens is 400 g/mol. The molecule has 160 valence electrons. The van der Waals surface area contributed by atoms with Crippen molar-refractivity contribution in [1.82, 2.24) is 10.2 Å². The third kappa shape index (κ3) is 7.00. The van der Waals surface area contributed by atoms with E-state index in [2.05, 4.69) is 16.3 Å². The molecule has 1 aliphatic heterocycles. The van der Waals surface area contributed by atoms with E-state index in [0.717, 1.165) is 30.1 Å². The molecule has 0 unspecified atom stereocenters. The summed E-state index contributed by atoms with van der Waals surface area (Å²) in [6.07, 6.45) is 6.05. The van der Waals surface area contributed by atoms with Crippen LogP contribution in [0.1, 0.15) is 41.0 Å². The minimum Gasteiger partial charge on any atom is -0.464 e. The number of carbonyl (C=O) groups is 2. The smallest absolute Gasteiger partial charge is 0.412 e. The SMILES string of the molecule is COC(=O)C(=Cc1ccc(CN2CCCCCC2)s1)NC(=O)OCc1ccccc1. The van der Waals surface area contributed by atoms with E-state index < -0.39 is 12.1 Å². The average Bonchev–Trinajstić information content (AvgIpc) is 3.04. The molecule has 0 aliphatic carbocycles. The van der Waals surface area contributed by atoms with Crippen molar-refractivity contribution in [3.8, 4) is 0 Å². The Morgan fingerprint density at radius 3 is 2.50 bits per heavy atom. The molecule has 2 heterocycles. The van der Waals surface area contributed by atoms with Crippen molar-refractivity contribution < 1.29 is 19.1 Å². The summed E-state index contributed by atoms with van der Waals surface area (Å²) in [5.41, 5.74) is 0.923. The van der Waals surface area contributed by atoms with Gasteiger partial charge in [-0.1, -0.05) is 43.2 Å². The highest BCUT2D eigenvalue weighted by molar-refractivity contribution is 7.12. The Balaban J connectivity index is 1.61. The van der Waals surface area contributed by atoms with Gasteiger partial charge >= 0.3 is 12.1 Å². The molecule has 1 aromatic carbocycles. The van der Waals surface area contributed by atoms with E-state index in [1.54, 1.807) is 17.4 Å². The molecule has 1 amide bonds. The number of hydrogen-bond donors (Lipinski definition) is 1. The second-order valence-corrected chi connectivity index (χ2v) is 8.43. The van der Waals surface area contributed by atoms with Crippen LogP contribution in [-0.2, 0) is 27.4 Å². The first-order valence-electron chi connectivity index (χ1n) is 10.2. The highest BCUT2D eigenvalue weighted by atomic mass is 32.1. The summed E-state index contributed by atoms with van der Waals surface area (Å²) in [6.45, 7) is 3.30. The number of rotatable bonds is 7. The van der Waals surface area contributed by atoms with E-state index in [-0.39, 0.29) is 12.3 Å². The number of carbonyl (C=O) groups excluding carboxylic acids is 2. The summed E-state index contributed by atoms with van der Waals surface area (Å²) in [7, 11) is 1.28. The highest BCUT2D eigenvalue weighted by Gasteiger charge is 2.16. The molecule has 3 rings (SSSR count). The van der Waals surface area contributed by atoms with Gasteiger partial charge in [-0.2, -0.15) is 0 Å². The Labute approximate surface area is 181 Å². The van der Waals surface area contributed by atoms with Crippen molar-refractivity contribution in [2.75, 3.05) is 20.2 Å². The largest absolute Gasteiger partial charge is 0.464 e. The first kappa shape index (κ1) is 22.1. The number of ether oxygens (including phenoxy) is 2. The monoisotopic (exact) mass is 428 g/mol. The van der Waals surface area contributed by atoms with Crippen LogP contribution in [0.4, 0.5) is 4.79 Å². The van der Waals surface area contributed by atoms with Crippen molar-refractivity contribution in [2.45, 2.75) is 38.8 Å². The molecule has 0 atom stereocenters. The van der Waals surface area contributed by atoms with Gasteiger partial charge in [0.2, 0.25) is 0 Å². The zero-order valence-corrected chi connectivity index (χ0v) is 18.1. The number of likely N-dealkylation sites (tertiary alicyclic amines) is 1. The number of hydrogen-bond acceptors (Lipinski definition) is 6. The minimum atomic E-state index is -0.697. The molecule has 30 heavy (non-hydrogen) atoms. The molecule has 1 fully saturated rings. The van der Waals surface area contributed by atoms with Gasteiger partial charge in [-0.15, -0.1) is 11.3 Å². The second-order valence-electron chi connectivity index (χ2n) is 7.23. The van der Waals surface area contributed by atoms with Gasteiger partial charge in [0, 0.05) is 16.3 Å². The predicted molar refractivity (Wildman–Crippen MR) is 118 cm³/mol. The van der Waals surface area contributed by atoms with E-state index in [0.29, 0.717) is 0 Å². The second kappa shape index (κ2) is 11.5. The number of methoxy groups -OCH3 is 1. The predicted octanol–water partition coefficient (Wildman–Crippen LogP) is 4.56. The molecule has 1 N–H and O–H groups in total. The van der Waals surface area contributed by atoms with Gasteiger partial charge in [-0.05, 0) is 49.7 Å².